The minimum atomic E-state index is -1.21. The summed E-state index contributed by atoms with van der Waals surface area (Å²) >= 11 is 5.88. The molecule has 1 aromatic rings. The first-order valence-corrected chi connectivity index (χ1v) is 6.56. The lowest BCUT2D eigenvalue weighted by atomic mass is 10.2. The summed E-state index contributed by atoms with van der Waals surface area (Å²) in [6.07, 6.45) is 0.744. The van der Waals surface area contributed by atoms with Gasteiger partial charge < -0.3 is 14.7 Å². The van der Waals surface area contributed by atoms with Crippen molar-refractivity contribution in [2.75, 3.05) is 24.6 Å². The number of nitrogens with zero attached hydrogens (tertiary/aromatic N) is 1. The van der Waals surface area contributed by atoms with Crippen LogP contribution in [-0.2, 0) is 14.5 Å². The number of halogens is 2. The molecule has 0 radical (unpaired) electrons. The molecule has 0 heterocycles. The number of carbonyl (C=O) groups is 2. The molecule has 0 saturated heterocycles. The Hall–Kier alpha value is -2.02. The summed E-state index contributed by atoms with van der Waals surface area (Å²) in [5, 5.41) is 9.24. The topological polar surface area (TPSA) is 76.1 Å². The monoisotopic (exact) mass is 319 g/mol. The van der Waals surface area contributed by atoms with E-state index in [-0.39, 0.29) is 5.69 Å². The zero-order valence-electron chi connectivity index (χ0n) is 11.3. The summed E-state index contributed by atoms with van der Waals surface area (Å²) in [7, 11) is 0. The smallest absolute Gasteiger partial charge is 0.367 e. The predicted octanol–water partition coefficient (Wildman–Crippen LogP) is 2.45. The van der Waals surface area contributed by atoms with E-state index in [0.29, 0.717) is 17.4 Å². The van der Waals surface area contributed by atoms with Crippen LogP contribution in [0, 0.1) is 0 Å². The normalized spacial score (nSPS) is 10.0. The summed E-state index contributed by atoms with van der Waals surface area (Å²) in [6.45, 7) is 1.21. The average Bonchev–Trinajstić information content (AvgIpc) is 2.44. The Kier molecular flexibility index (Phi) is 6.74. The van der Waals surface area contributed by atoms with E-state index in [1.807, 2.05) is 6.92 Å². The summed E-state index contributed by atoms with van der Waals surface area (Å²) in [6, 6.07) is 4.58. The number of aliphatic carboxylic acids is 1. The largest absolute Gasteiger partial charge is 0.491 e. The van der Waals surface area contributed by atoms with Gasteiger partial charge in [0.15, 0.2) is 0 Å². The Balaban J connectivity index is 3.10. The highest BCUT2D eigenvalue weighted by Crippen LogP contribution is 2.31. The first-order valence-electron chi connectivity index (χ1n) is 6.18. The van der Waals surface area contributed by atoms with Crippen molar-refractivity contribution in [3.63, 3.8) is 0 Å². The van der Waals surface area contributed by atoms with E-state index in [2.05, 4.69) is 4.94 Å². The average molecular weight is 320 g/mol. The van der Waals surface area contributed by atoms with Gasteiger partial charge in [-0.2, -0.15) is 0 Å². The van der Waals surface area contributed by atoms with Gasteiger partial charge in [-0.3, -0.25) is 9.74 Å². The van der Waals surface area contributed by atoms with E-state index in [9.17, 15) is 14.1 Å². The van der Waals surface area contributed by atoms with Crippen molar-refractivity contribution in [3.8, 4) is 5.75 Å². The summed E-state index contributed by atoms with van der Waals surface area (Å²) in [5.41, 5.74) is 0.281. The zero-order chi connectivity index (χ0) is 15.8. The van der Waals surface area contributed by atoms with Crippen molar-refractivity contribution in [1.82, 2.24) is 0 Å². The number of carboxylic acid groups (broad SMARTS) is 1. The SMILES string of the molecule is CCCOc1ccc(Cl)cc1N(CC(=O)O)CC(=O)OF. The van der Waals surface area contributed by atoms with Crippen LogP contribution in [0.3, 0.4) is 0 Å². The quantitative estimate of drug-likeness (QED) is 0.793. The van der Waals surface area contributed by atoms with Gasteiger partial charge in [0.2, 0.25) is 0 Å². The molecule has 116 valence electrons. The van der Waals surface area contributed by atoms with Crippen LogP contribution in [0.5, 0.6) is 5.75 Å². The predicted molar refractivity (Wildman–Crippen MR) is 74.3 cm³/mol. The Morgan fingerprint density at radius 2 is 2.10 bits per heavy atom. The van der Waals surface area contributed by atoms with Crippen LogP contribution in [0.2, 0.25) is 5.02 Å². The molecule has 0 amide bonds. The second-order valence-corrected chi connectivity index (χ2v) is 4.60. The maximum Gasteiger partial charge on any atom is 0.367 e. The fraction of sp³-hybridized carbons (Fsp3) is 0.385. The van der Waals surface area contributed by atoms with Gasteiger partial charge in [-0.15, -0.1) is 0 Å². The molecule has 6 nitrogen and oxygen atoms in total. The van der Waals surface area contributed by atoms with Crippen LogP contribution < -0.4 is 9.64 Å². The van der Waals surface area contributed by atoms with Gasteiger partial charge in [-0.25, -0.2) is 4.79 Å². The molecule has 8 heteroatoms. The van der Waals surface area contributed by atoms with Gasteiger partial charge >= 0.3 is 11.9 Å². The number of benzene rings is 1. The number of hydrogen-bond acceptors (Lipinski definition) is 5. The molecule has 0 fully saturated rings. The molecular weight excluding hydrogens is 305 g/mol. The molecule has 1 N–H and O–H groups in total. The van der Waals surface area contributed by atoms with E-state index in [4.69, 9.17) is 21.4 Å². The van der Waals surface area contributed by atoms with Crippen LogP contribution in [0.1, 0.15) is 13.3 Å². The fourth-order valence-corrected chi connectivity index (χ4v) is 1.81. The van der Waals surface area contributed by atoms with Crippen molar-refractivity contribution in [1.29, 1.82) is 0 Å². The van der Waals surface area contributed by atoms with E-state index in [1.165, 1.54) is 6.07 Å². The molecule has 1 aromatic carbocycles. The van der Waals surface area contributed by atoms with Crippen molar-refractivity contribution < 1.29 is 28.9 Å². The second-order valence-electron chi connectivity index (χ2n) is 4.16. The number of hydrogen-bond donors (Lipinski definition) is 1. The first kappa shape index (κ1) is 17.0. The minimum Gasteiger partial charge on any atom is -0.491 e. The molecule has 0 aliphatic heterocycles. The Labute approximate surface area is 125 Å². The highest BCUT2D eigenvalue weighted by atomic mass is 35.5. The van der Waals surface area contributed by atoms with Crippen LogP contribution >= 0.6 is 11.6 Å². The van der Waals surface area contributed by atoms with Gasteiger partial charge in [0.25, 0.3) is 0 Å². The number of rotatable bonds is 8. The maximum atomic E-state index is 11.9. The number of anilines is 1. The van der Waals surface area contributed by atoms with Gasteiger partial charge in [-0.1, -0.05) is 18.5 Å². The molecular formula is C13H15ClFNO5. The molecule has 0 saturated carbocycles. The van der Waals surface area contributed by atoms with Crippen molar-refractivity contribution in [3.05, 3.63) is 23.2 Å². The maximum absolute atomic E-state index is 11.9. The standard InChI is InChI=1S/C13H15ClFNO5/c1-2-5-20-11-4-3-9(14)6-10(11)16(7-12(17)18)8-13(19)21-15/h3-4,6H,2,5,7-8H2,1H3,(H,17,18). The Morgan fingerprint density at radius 3 is 2.67 bits per heavy atom. The van der Waals surface area contributed by atoms with Gasteiger partial charge in [0, 0.05) is 9.55 Å². The Morgan fingerprint density at radius 1 is 1.38 bits per heavy atom. The second kappa shape index (κ2) is 8.31. The van der Waals surface area contributed by atoms with Gasteiger partial charge in [-0.05, 0) is 24.6 Å². The highest BCUT2D eigenvalue weighted by molar-refractivity contribution is 6.31. The van der Waals surface area contributed by atoms with E-state index in [0.717, 1.165) is 11.3 Å². The lowest BCUT2D eigenvalue weighted by molar-refractivity contribution is -0.181. The number of carbonyl (C=O) groups excluding carboxylic acids is 1. The van der Waals surface area contributed by atoms with Crippen LogP contribution in [0.15, 0.2) is 18.2 Å². The number of carboxylic acids is 1. The highest BCUT2D eigenvalue weighted by Gasteiger charge is 2.20. The number of ether oxygens (including phenoxy) is 1. The Bertz CT molecular complexity index is 511. The van der Waals surface area contributed by atoms with Crippen LogP contribution in [0.4, 0.5) is 10.2 Å². The summed E-state index contributed by atoms with van der Waals surface area (Å²) < 4.78 is 17.4. The molecule has 21 heavy (non-hydrogen) atoms. The third-order valence-electron chi connectivity index (χ3n) is 2.46. The first-order chi connectivity index (χ1) is 9.97. The molecule has 0 unspecified atom stereocenters. The van der Waals surface area contributed by atoms with Gasteiger partial charge in [0.1, 0.15) is 18.8 Å². The lowest BCUT2D eigenvalue weighted by Crippen LogP contribution is -2.35. The zero-order valence-corrected chi connectivity index (χ0v) is 12.1. The molecule has 0 atom stereocenters. The molecule has 0 aromatic heterocycles. The lowest BCUT2D eigenvalue weighted by Gasteiger charge is -2.23. The third-order valence-corrected chi connectivity index (χ3v) is 2.69. The van der Waals surface area contributed by atoms with Crippen molar-refractivity contribution in [2.45, 2.75) is 13.3 Å². The third kappa shape index (κ3) is 5.47. The van der Waals surface area contributed by atoms with E-state index >= 15 is 0 Å². The van der Waals surface area contributed by atoms with Crippen molar-refractivity contribution in [2.24, 2.45) is 0 Å². The van der Waals surface area contributed by atoms with E-state index in [1.54, 1.807) is 12.1 Å². The van der Waals surface area contributed by atoms with Crippen molar-refractivity contribution >= 4 is 29.2 Å². The summed E-state index contributed by atoms with van der Waals surface area (Å²) in [4.78, 5) is 26.2. The molecule has 0 spiro atoms. The molecule has 0 bridgehead atoms. The van der Waals surface area contributed by atoms with E-state index < -0.39 is 25.0 Å². The van der Waals surface area contributed by atoms with Crippen LogP contribution in [0.25, 0.3) is 0 Å². The van der Waals surface area contributed by atoms with Crippen LogP contribution in [-0.4, -0.2) is 36.7 Å². The molecule has 0 aliphatic rings. The van der Waals surface area contributed by atoms with Gasteiger partial charge in [0.05, 0.1) is 12.3 Å². The molecule has 1 rings (SSSR count). The molecule has 0 aliphatic carbocycles. The summed E-state index contributed by atoms with van der Waals surface area (Å²) in [5.74, 6) is -2.05. The fourth-order valence-electron chi connectivity index (χ4n) is 1.64. The minimum absolute atomic E-state index is 0.281.